The van der Waals surface area contributed by atoms with Gasteiger partial charge in [-0.15, -0.1) is 0 Å². The minimum absolute atomic E-state index is 0.208. The van der Waals surface area contributed by atoms with Crippen molar-refractivity contribution in [3.8, 4) is 0 Å². The predicted octanol–water partition coefficient (Wildman–Crippen LogP) is 3.50. The molecular formula is C22H30N4O2S. The third-order valence-electron chi connectivity index (χ3n) is 5.41. The van der Waals surface area contributed by atoms with Crippen LogP contribution in [0.15, 0.2) is 53.8 Å². The molecule has 1 aliphatic rings. The molecule has 156 valence electrons. The van der Waals surface area contributed by atoms with E-state index in [1.807, 2.05) is 36.5 Å². The number of sulfone groups is 1. The third-order valence-corrected chi connectivity index (χ3v) is 7.09. The zero-order chi connectivity index (χ0) is 20.7. The van der Waals surface area contributed by atoms with Gasteiger partial charge in [-0.25, -0.2) is 13.4 Å². The van der Waals surface area contributed by atoms with Gasteiger partial charge >= 0.3 is 0 Å². The highest BCUT2D eigenvalue weighted by molar-refractivity contribution is 7.91. The van der Waals surface area contributed by atoms with Crippen molar-refractivity contribution in [3.05, 3.63) is 54.4 Å². The second kappa shape index (κ2) is 9.87. The molecule has 0 unspecified atom stereocenters. The van der Waals surface area contributed by atoms with Crippen LogP contribution < -0.4 is 10.6 Å². The minimum Gasteiger partial charge on any atom is -0.387 e. The van der Waals surface area contributed by atoms with Crippen LogP contribution in [0.3, 0.4) is 0 Å². The van der Waals surface area contributed by atoms with Crippen LogP contribution in [-0.4, -0.2) is 43.8 Å². The van der Waals surface area contributed by atoms with E-state index in [0.717, 1.165) is 50.1 Å². The molecule has 0 atom stereocenters. The first kappa shape index (κ1) is 21.3. The van der Waals surface area contributed by atoms with Crippen LogP contribution in [0.2, 0.25) is 0 Å². The van der Waals surface area contributed by atoms with Crippen molar-refractivity contribution in [1.29, 1.82) is 0 Å². The summed E-state index contributed by atoms with van der Waals surface area (Å²) < 4.78 is 23.4. The van der Waals surface area contributed by atoms with Crippen molar-refractivity contribution in [2.75, 3.05) is 24.2 Å². The summed E-state index contributed by atoms with van der Waals surface area (Å²) in [5, 5.41) is -0.208. The van der Waals surface area contributed by atoms with Gasteiger partial charge in [0.15, 0.2) is 0 Å². The Morgan fingerprint density at radius 1 is 1.17 bits per heavy atom. The molecule has 1 saturated heterocycles. The fourth-order valence-corrected chi connectivity index (χ4v) is 4.75. The van der Waals surface area contributed by atoms with Gasteiger partial charge in [0.2, 0.25) is 0 Å². The van der Waals surface area contributed by atoms with Crippen molar-refractivity contribution < 1.29 is 8.42 Å². The first-order chi connectivity index (χ1) is 13.9. The summed E-state index contributed by atoms with van der Waals surface area (Å²) in [6.45, 7) is 1.53. The lowest BCUT2D eigenvalue weighted by atomic mass is 10.1. The van der Waals surface area contributed by atoms with Crippen LogP contribution in [0.5, 0.6) is 0 Å². The fourth-order valence-electron chi connectivity index (χ4n) is 3.68. The number of nitrogens with two attached hydrogens (primary N) is 1. The number of amidine groups is 1. The number of aliphatic imine (C=N–C) groups is 1. The number of unbranched alkanes of at least 4 members (excludes halogenated alkanes) is 1. The van der Waals surface area contributed by atoms with Crippen LogP contribution >= 0.6 is 0 Å². The molecule has 2 aromatic rings. The van der Waals surface area contributed by atoms with Crippen LogP contribution in [0.25, 0.3) is 0 Å². The summed E-state index contributed by atoms with van der Waals surface area (Å²) in [6, 6.07) is 12.1. The van der Waals surface area contributed by atoms with E-state index in [9.17, 15) is 8.42 Å². The number of aromatic nitrogens is 1. The highest BCUT2D eigenvalue weighted by Gasteiger charge is 2.26. The zero-order valence-corrected chi connectivity index (χ0v) is 17.8. The van der Waals surface area contributed by atoms with Gasteiger partial charge in [-0.3, -0.25) is 4.98 Å². The molecule has 3 rings (SSSR count). The molecule has 1 aromatic carbocycles. The Morgan fingerprint density at radius 3 is 2.52 bits per heavy atom. The Kier molecular flexibility index (Phi) is 7.25. The molecular weight excluding hydrogens is 384 g/mol. The van der Waals surface area contributed by atoms with Gasteiger partial charge in [-0.2, -0.15) is 0 Å². The smallest absolute Gasteiger partial charge is 0.150 e. The SMILES string of the molecule is CS(=O)(=O)C1CCN(c2ccc(N=C(N)CCCCc3cccnc3)cc2)CC1. The fraction of sp³-hybridized carbons (Fsp3) is 0.455. The van der Waals surface area contributed by atoms with Gasteiger partial charge < -0.3 is 10.6 Å². The van der Waals surface area contributed by atoms with Crippen molar-refractivity contribution in [3.63, 3.8) is 0 Å². The average Bonchev–Trinajstić information content (AvgIpc) is 2.72. The molecule has 0 aliphatic carbocycles. The molecule has 1 aromatic heterocycles. The van der Waals surface area contributed by atoms with E-state index in [4.69, 9.17) is 5.73 Å². The van der Waals surface area contributed by atoms with Crippen LogP contribution in [0.4, 0.5) is 11.4 Å². The van der Waals surface area contributed by atoms with Gasteiger partial charge in [0.25, 0.3) is 0 Å². The van der Waals surface area contributed by atoms with E-state index in [0.29, 0.717) is 18.7 Å². The normalized spacial score (nSPS) is 16.2. The van der Waals surface area contributed by atoms with Crippen molar-refractivity contribution in [1.82, 2.24) is 4.98 Å². The van der Waals surface area contributed by atoms with Crippen molar-refractivity contribution in [2.24, 2.45) is 10.7 Å². The number of nitrogens with zero attached hydrogens (tertiary/aromatic N) is 3. The molecule has 0 saturated carbocycles. The predicted molar refractivity (Wildman–Crippen MR) is 120 cm³/mol. The van der Waals surface area contributed by atoms with E-state index in [1.165, 1.54) is 11.8 Å². The standard InChI is InChI=1S/C22H30N4O2S/c1-29(27,28)21-12-15-26(16-13-21)20-10-8-19(9-11-20)25-22(23)7-3-2-5-18-6-4-14-24-17-18/h4,6,8-11,14,17,21H,2-3,5,7,12-13,15-16H2,1H3,(H2,23,25). The second-order valence-corrected chi connectivity index (χ2v) is 10.0. The summed E-state index contributed by atoms with van der Waals surface area (Å²) in [5.74, 6) is 0.651. The number of pyridine rings is 1. The Bertz CT molecular complexity index is 904. The monoisotopic (exact) mass is 414 g/mol. The van der Waals surface area contributed by atoms with E-state index >= 15 is 0 Å². The van der Waals surface area contributed by atoms with E-state index in [2.05, 4.69) is 20.9 Å². The maximum atomic E-state index is 11.7. The summed E-state index contributed by atoms with van der Waals surface area (Å²) in [4.78, 5) is 10.9. The summed E-state index contributed by atoms with van der Waals surface area (Å²) in [5.41, 5.74) is 9.30. The Balaban J connectivity index is 1.46. The third kappa shape index (κ3) is 6.56. The van der Waals surface area contributed by atoms with Crippen molar-refractivity contribution >= 4 is 27.0 Å². The number of benzene rings is 1. The van der Waals surface area contributed by atoms with Gasteiger partial charge in [-0.05, 0) is 68.0 Å². The number of rotatable bonds is 8. The lowest BCUT2D eigenvalue weighted by molar-refractivity contribution is 0.534. The maximum absolute atomic E-state index is 11.7. The van der Waals surface area contributed by atoms with Gasteiger partial charge in [0, 0.05) is 43.8 Å². The molecule has 0 amide bonds. The highest BCUT2D eigenvalue weighted by atomic mass is 32.2. The lowest BCUT2D eigenvalue weighted by Gasteiger charge is -2.32. The van der Waals surface area contributed by atoms with Gasteiger partial charge in [0.05, 0.1) is 16.8 Å². The molecule has 7 heteroatoms. The van der Waals surface area contributed by atoms with Crippen LogP contribution in [0, 0.1) is 0 Å². The molecule has 0 radical (unpaired) electrons. The topological polar surface area (TPSA) is 88.7 Å². The largest absolute Gasteiger partial charge is 0.387 e. The number of hydrogen-bond acceptors (Lipinski definition) is 5. The van der Waals surface area contributed by atoms with Crippen LogP contribution in [0.1, 0.15) is 37.7 Å². The molecule has 2 heterocycles. The van der Waals surface area contributed by atoms with Gasteiger partial charge in [0.1, 0.15) is 9.84 Å². The molecule has 0 bridgehead atoms. The summed E-state index contributed by atoms with van der Waals surface area (Å²) in [6.07, 6.45) is 10.2. The molecule has 1 aliphatic heterocycles. The van der Waals surface area contributed by atoms with Gasteiger partial charge in [-0.1, -0.05) is 6.07 Å². The first-order valence-corrected chi connectivity index (χ1v) is 12.1. The average molecular weight is 415 g/mol. The molecule has 29 heavy (non-hydrogen) atoms. The molecule has 2 N–H and O–H groups in total. The zero-order valence-electron chi connectivity index (χ0n) is 17.0. The minimum atomic E-state index is -2.94. The summed E-state index contributed by atoms with van der Waals surface area (Å²) >= 11 is 0. The van der Waals surface area contributed by atoms with E-state index in [-0.39, 0.29) is 5.25 Å². The Morgan fingerprint density at radius 2 is 1.90 bits per heavy atom. The number of aryl methyl sites for hydroxylation is 1. The van der Waals surface area contributed by atoms with Crippen LogP contribution in [-0.2, 0) is 16.3 Å². The number of hydrogen-bond donors (Lipinski definition) is 1. The second-order valence-electron chi connectivity index (χ2n) is 7.70. The van der Waals surface area contributed by atoms with E-state index in [1.54, 1.807) is 6.20 Å². The quantitative estimate of drug-likeness (QED) is 0.406. The van der Waals surface area contributed by atoms with E-state index < -0.39 is 9.84 Å². The molecule has 0 spiro atoms. The number of anilines is 1. The first-order valence-electron chi connectivity index (χ1n) is 10.2. The Labute approximate surface area is 173 Å². The molecule has 1 fully saturated rings. The Hall–Kier alpha value is -2.41. The van der Waals surface area contributed by atoms with Crippen molar-refractivity contribution in [2.45, 2.75) is 43.8 Å². The summed E-state index contributed by atoms with van der Waals surface area (Å²) in [7, 11) is -2.94. The lowest BCUT2D eigenvalue weighted by Crippen LogP contribution is -2.38. The highest BCUT2D eigenvalue weighted by Crippen LogP contribution is 2.25. The molecule has 6 nitrogen and oxygen atoms in total. The number of piperidine rings is 1. The maximum Gasteiger partial charge on any atom is 0.150 e.